The highest BCUT2D eigenvalue weighted by Crippen LogP contribution is 2.27. The average molecular weight is 158 g/mol. The monoisotopic (exact) mass is 158 g/mol. The van der Waals surface area contributed by atoms with Crippen LogP contribution in [0.2, 0.25) is 0 Å². The summed E-state index contributed by atoms with van der Waals surface area (Å²) in [5.74, 6) is 0. The number of rotatable bonds is 3. The SMILES string of the molecule is CCOSC1=CCCCC1. The molecule has 1 aliphatic carbocycles. The maximum Gasteiger partial charge on any atom is 0.0590 e. The van der Waals surface area contributed by atoms with Gasteiger partial charge in [0.15, 0.2) is 0 Å². The Morgan fingerprint density at radius 3 is 3.10 bits per heavy atom. The molecule has 0 amide bonds. The van der Waals surface area contributed by atoms with Gasteiger partial charge >= 0.3 is 0 Å². The van der Waals surface area contributed by atoms with E-state index in [9.17, 15) is 0 Å². The summed E-state index contributed by atoms with van der Waals surface area (Å²) < 4.78 is 5.22. The van der Waals surface area contributed by atoms with Gasteiger partial charge in [0, 0.05) is 16.9 Å². The van der Waals surface area contributed by atoms with Crippen molar-refractivity contribution in [3.63, 3.8) is 0 Å². The quantitative estimate of drug-likeness (QED) is 0.583. The van der Waals surface area contributed by atoms with Crippen LogP contribution in [0, 0.1) is 0 Å². The van der Waals surface area contributed by atoms with Crippen LogP contribution in [-0.2, 0) is 4.18 Å². The zero-order valence-corrected chi connectivity index (χ0v) is 7.25. The molecule has 0 unspecified atom stereocenters. The van der Waals surface area contributed by atoms with E-state index in [1.165, 1.54) is 30.6 Å². The Morgan fingerprint density at radius 1 is 1.60 bits per heavy atom. The molecule has 0 spiro atoms. The molecule has 1 rings (SSSR count). The fraction of sp³-hybridized carbons (Fsp3) is 0.750. The molecule has 0 aliphatic heterocycles. The molecular weight excluding hydrogens is 144 g/mol. The van der Waals surface area contributed by atoms with Gasteiger partial charge in [-0.3, -0.25) is 0 Å². The highest BCUT2D eigenvalue weighted by Gasteiger charge is 2.03. The molecule has 58 valence electrons. The molecule has 0 saturated heterocycles. The van der Waals surface area contributed by atoms with Crippen LogP contribution < -0.4 is 0 Å². The molecule has 2 heteroatoms. The maximum atomic E-state index is 5.22. The van der Waals surface area contributed by atoms with Gasteiger partial charge in [0.1, 0.15) is 0 Å². The molecular formula is C8H14OS. The van der Waals surface area contributed by atoms with Crippen molar-refractivity contribution in [1.29, 1.82) is 0 Å². The van der Waals surface area contributed by atoms with Gasteiger partial charge in [0.05, 0.1) is 6.61 Å². The van der Waals surface area contributed by atoms with Crippen molar-refractivity contribution in [2.45, 2.75) is 32.6 Å². The van der Waals surface area contributed by atoms with Crippen LogP contribution in [0.4, 0.5) is 0 Å². The average Bonchev–Trinajstić information content (AvgIpc) is 2.03. The topological polar surface area (TPSA) is 9.23 Å². The van der Waals surface area contributed by atoms with E-state index < -0.39 is 0 Å². The third-order valence-corrected chi connectivity index (χ3v) is 2.47. The minimum atomic E-state index is 0.808. The van der Waals surface area contributed by atoms with Gasteiger partial charge in [-0.25, -0.2) is 0 Å². The van der Waals surface area contributed by atoms with Crippen LogP contribution in [0.15, 0.2) is 11.0 Å². The Labute approximate surface area is 67.0 Å². The van der Waals surface area contributed by atoms with Crippen molar-refractivity contribution in [3.05, 3.63) is 11.0 Å². The van der Waals surface area contributed by atoms with Gasteiger partial charge in [-0.15, -0.1) is 0 Å². The highest BCUT2D eigenvalue weighted by molar-refractivity contribution is 7.98. The molecule has 0 N–H and O–H groups in total. The standard InChI is InChI=1S/C8H14OS/c1-2-9-10-8-6-4-3-5-7-8/h6H,2-5,7H2,1H3. The summed E-state index contributed by atoms with van der Waals surface area (Å²) in [6, 6.07) is 0. The van der Waals surface area contributed by atoms with E-state index in [1.807, 2.05) is 6.92 Å². The Hall–Kier alpha value is 0.0500. The van der Waals surface area contributed by atoms with E-state index >= 15 is 0 Å². The van der Waals surface area contributed by atoms with Gasteiger partial charge in [0.25, 0.3) is 0 Å². The predicted octanol–water partition coefficient (Wildman–Crippen LogP) is 3.13. The van der Waals surface area contributed by atoms with Crippen molar-refractivity contribution in [3.8, 4) is 0 Å². The van der Waals surface area contributed by atoms with Crippen LogP contribution in [-0.4, -0.2) is 6.61 Å². The van der Waals surface area contributed by atoms with Crippen LogP contribution in [0.5, 0.6) is 0 Å². The molecule has 0 aromatic carbocycles. The first-order valence-electron chi connectivity index (χ1n) is 3.92. The van der Waals surface area contributed by atoms with E-state index in [0.29, 0.717) is 0 Å². The molecule has 0 bridgehead atoms. The van der Waals surface area contributed by atoms with E-state index in [4.69, 9.17) is 4.18 Å². The van der Waals surface area contributed by atoms with Gasteiger partial charge in [-0.1, -0.05) is 6.08 Å². The molecule has 0 aromatic heterocycles. The summed E-state index contributed by atoms with van der Waals surface area (Å²) in [7, 11) is 0. The summed E-state index contributed by atoms with van der Waals surface area (Å²) in [5.41, 5.74) is 0. The third-order valence-electron chi connectivity index (χ3n) is 1.53. The lowest BCUT2D eigenvalue weighted by molar-refractivity contribution is 0.403. The van der Waals surface area contributed by atoms with E-state index in [2.05, 4.69) is 6.08 Å². The first-order valence-corrected chi connectivity index (χ1v) is 4.66. The largest absolute Gasteiger partial charge is 0.311 e. The molecule has 0 atom stereocenters. The first kappa shape index (κ1) is 8.15. The summed E-state index contributed by atoms with van der Waals surface area (Å²) in [6.07, 6.45) is 7.46. The fourth-order valence-corrected chi connectivity index (χ4v) is 1.70. The summed E-state index contributed by atoms with van der Waals surface area (Å²) in [5, 5.41) is 0. The van der Waals surface area contributed by atoms with E-state index in [0.717, 1.165) is 6.61 Å². The molecule has 1 nitrogen and oxygen atoms in total. The number of allylic oxidation sites excluding steroid dienone is 2. The molecule has 0 saturated carbocycles. The fourth-order valence-electron chi connectivity index (χ4n) is 1.02. The van der Waals surface area contributed by atoms with Gasteiger partial charge in [-0.05, 0) is 32.6 Å². The van der Waals surface area contributed by atoms with E-state index in [-0.39, 0.29) is 0 Å². The Bertz CT molecular complexity index is 120. The first-order chi connectivity index (χ1) is 4.93. The minimum absolute atomic E-state index is 0.808. The van der Waals surface area contributed by atoms with Crippen molar-refractivity contribution in [2.75, 3.05) is 6.61 Å². The summed E-state index contributed by atoms with van der Waals surface area (Å²) >= 11 is 1.56. The normalized spacial score (nSPS) is 18.7. The van der Waals surface area contributed by atoms with Gasteiger partial charge < -0.3 is 4.18 Å². The predicted molar refractivity (Wildman–Crippen MR) is 45.8 cm³/mol. The molecule has 1 aliphatic rings. The van der Waals surface area contributed by atoms with E-state index in [1.54, 1.807) is 12.0 Å². The molecule has 10 heavy (non-hydrogen) atoms. The van der Waals surface area contributed by atoms with Crippen molar-refractivity contribution < 1.29 is 4.18 Å². The van der Waals surface area contributed by atoms with Crippen LogP contribution in [0.3, 0.4) is 0 Å². The molecule has 0 fully saturated rings. The minimum Gasteiger partial charge on any atom is -0.311 e. The zero-order valence-electron chi connectivity index (χ0n) is 6.43. The Kier molecular flexibility index (Phi) is 3.91. The van der Waals surface area contributed by atoms with Crippen LogP contribution in [0.1, 0.15) is 32.6 Å². The summed E-state index contributed by atoms with van der Waals surface area (Å²) in [4.78, 5) is 1.42. The zero-order chi connectivity index (χ0) is 7.23. The van der Waals surface area contributed by atoms with Crippen LogP contribution >= 0.6 is 12.0 Å². The second kappa shape index (κ2) is 4.80. The van der Waals surface area contributed by atoms with Gasteiger partial charge in [0.2, 0.25) is 0 Å². The lowest BCUT2D eigenvalue weighted by Gasteiger charge is -2.09. The second-order valence-electron chi connectivity index (χ2n) is 2.41. The highest BCUT2D eigenvalue weighted by atomic mass is 32.2. The smallest absolute Gasteiger partial charge is 0.0590 e. The molecule has 0 heterocycles. The van der Waals surface area contributed by atoms with Gasteiger partial charge in [-0.2, -0.15) is 0 Å². The maximum absolute atomic E-state index is 5.22. The Morgan fingerprint density at radius 2 is 2.50 bits per heavy atom. The molecule has 0 aromatic rings. The summed E-state index contributed by atoms with van der Waals surface area (Å²) in [6.45, 7) is 2.83. The lowest BCUT2D eigenvalue weighted by Crippen LogP contribution is -1.89. The number of hydrogen-bond donors (Lipinski definition) is 0. The second-order valence-corrected chi connectivity index (χ2v) is 3.33. The lowest BCUT2D eigenvalue weighted by atomic mass is 10.1. The molecule has 0 radical (unpaired) electrons. The van der Waals surface area contributed by atoms with Crippen LogP contribution in [0.25, 0.3) is 0 Å². The number of hydrogen-bond acceptors (Lipinski definition) is 2. The van der Waals surface area contributed by atoms with Crippen molar-refractivity contribution >= 4 is 12.0 Å². The third kappa shape index (κ3) is 2.76. The Balaban J connectivity index is 2.18. The van der Waals surface area contributed by atoms with Crippen molar-refractivity contribution in [1.82, 2.24) is 0 Å². The van der Waals surface area contributed by atoms with Crippen molar-refractivity contribution in [2.24, 2.45) is 0 Å².